The fraction of sp³-hybridized carbons (Fsp3) is 0.234. The maximum absolute atomic E-state index is 13.9. The standard InChI is InChI=1S/C47H43ClN10O7/c1-27(25-64-41-35(48)10-5-11-36(41)53-47(63)50-22-28-12-17-34-30(21-28)23-57(46(34)62)37-18-19-38(59)54-44(37)60)45(61)56-20-6-7-31(24-56)58-43-39(42(49)51-26-52-43)40(55-58)29-13-15-33(16-14-29)65-32-8-3-2-4-9-32/h2-5,8-17,21,26,31,37H,1,6-7,18-20,22-25H2,(H2,49,51,52)(H2,50,53,63)(H,54,59,60). The van der Waals surface area contributed by atoms with Crippen molar-refractivity contribution in [2.45, 2.75) is 50.9 Å². The Morgan fingerprint density at radius 3 is 2.55 bits per heavy atom. The minimum atomic E-state index is -0.723. The second-order valence-corrected chi connectivity index (χ2v) is 16.4. The summed E-state index contributed by atoms with van der Waals surface area (Å²) < 4.78 is 13.9. The number of carbonyl (C=O) groups excluding carboxylic acids is 5. The van der Waals surface area contributed by atoms with Crippen LogP contribution in [0.4, 0.5) is 16.3 Å². The normalized spacial score (nSPS) is 17.1. The molecule has 0 aliphatic carbocycles. The molecule has 4 aromatic carbocycles. The number of halogens is 1. The van der Waals surface area contributed by atoms with Crippen molar-refractivity contribution in [3.8, 4) is 28.5 Å². The highest BCUT2D eigenvalue weighted by atomic mass is 35.5. The van der Waals surface area contributed by atoms with Crippen LogP contribution in [0.5, 0.6) is 17.2 Å². The van der Waals surface area contributed by atoms with Gasteiger partial charge in [0.25, 0.3) is 11.8 Å². The number of anilines is 2. The number of piperidine rings is 2. The Bertz CT molecular complexity index is 2870. The van der Waals surface area contributed by atoms with Crippen molar-refractivity contribution in [1.82, 2.24) is 40.2 Å². The lowest BCUT2D eigenvalue weighted by atomic mass is 10.0. The highest BCUT2D eigenvalue weighted by molar-refractivity contribution is 6.32. The monoisotopic (exact) mass is 894 g/mol. The summed E-state index contributed by atoms with van der Waals surface area (Å²) in [5, 5.41) is 13.7. The molecule has 65 heavy (non-hydrogen) atoms. The van der Waals surface area contributed by atoms with Gasteiger partial charge in [0.1, 0.15) is 42.0 Å². The third kappa shape index (κ3) is 8.90. The van der Waals surface area contributed by atoms with Crippen LogP contribution in [-0.2, 0) is 27.5 Å². The fourth-order valence-corrected chi connectivity index (χ4v) is 8.61. The number of likely N-dealkylation sites (tertiary alicyclic amines) is 1. The number of urea groups is 1. The molecule has 5 N–H and O–H groups in total. The zero-order valence-corrected chi connectivity index (χ0v) is 35.7. The molecule has 2 fully saturated rings. The number of aromatic nitrogens is 4. The molecule has 2 saturated heterocycles. The van der Waals surface area contributed by atoms with Gasteiger partial charge in [0.2, 0.25) is 11.8 Å². The largest absolute Gasteiger partial charge is 0.485 e. The Morgan fingerprint density at radius 1 is 0.954 bits per heavy atom. The van der Waals surface area contributed by atoms with Gasteiger partial charge >= 0.3 is 6.03 Å². The Hall–Kier alpha value is -7.79. The van der Waals surface area contributed by atoms with Gasteiger partial charge in [0.05, 0.1) is 22.1 Å². The number of ether oxygens (including phenoxy) is 2. The lowest BCUT2D eigenvalue weighted by Crippen LogP contribution is -2.52. The minimum Gasteiger partial charge on any atom is -0.485 e. The van der Waals surface area contributed by atoms with E-state index in [1.165, 1.54) is 11.2 Å². The van der Waals surface area contributed by atoms with Gasteiger partial charge < -0.3 is 35.6 Å². The van der Waals surface area contributed by atoms with E-state index in [4.69, 9.17) is 31.9 Å². The van der Waals surface area contributed by atoms with Gasteiger partial charge in [-0.05, 0) is 85.0 Å². The Labute approximate surface area is 377 Å². The molecule has 18 heteroatoms. The summed E-state index contributed by atoms with van der Waals surface area (Å²) in [5.74, 6) is 0.423. The van der Waals surface area contributed by atoms with Gasteiger partial charge in [-0.3, -0.25) is 24.5 Å². The molecule has 0 saturated carbocycles. The first-order valence-corrected chi connectivity index (χ1v) is 21.4. The number of hydrogen-bond donors (Lipinski definition) is 4. The van der Waals surface area contributed by atoms with Gasteiger partial charge in [-0.25, -0.2) is 19.4 Å². The number of nitrogen functional groups attached to an aromatic ring is 1. The summed E-state index contributed by atoms with van der Waals surface area (Å²) >= 11 is 6.55. The first-order chi connectivity index (χ1) is 31.5. The molecule has 2 atom stereocenters. The van der Waals surface area contributed by atoms with Crippen molar-refractivity contribution in [3.05, 3.63) is 131 Å². The Kier molecular flexibility index (Phi) is 11.9. The molecule has 17 nitrogen and oxygen atoms in total. The molecular weight excluding hydrogens is 852 g/mol. The van der Waals surface area contributed by atoms with Gasteiger partial charge in [0.15, 0.2) is 11.4 Å². The Balaban J connectivity index is 0.815. The molecule has 6 aromatic rings. The van der Waals surface area contributed by atoms with E-state index in [2.05, 4.69) is 32.5 Å². The van der Waals surface area contributed by atoms with Crippen LogP contribution in [0.2, 0.25) is 5.02 Å². The van der Waals surface area contributed by atoms with Crippen LogP contribution < -0.4 is 31.2 Å². The van der Waals surface area contributed by atoms with E-state index >= 15 is 0 Å². The smallest absolute Gasteiger partial charge is 0.319 e. The van der Waals surface area contributed by atoms with Gasteiger partial charge in [0, 0.05) is 49.3 Å². The maximum Gasteiger partial charge on any atom is 0.319 e. The number of nitrogens with one attached hydrogen (secondary N) is 3. The van der Waals surface area contributed by atoms with Crippen molar-refractivity contribution in [2.24, 2.45) is 0 Å². The van der Waals surface area contributed by atoms with E-state index in [-0.39, 0.29) is 78.3 Å². The van der Waals surface area contributed by atoms with Crippen molar-refractivity contribution in [1.29, 1.82) is 0 Å². The van der Waals surface area contributed by atoms with Gasteiger partial charge in [-0.15, -0.1) is 0 Å². The summed E-state index contributed by atoms with van der Waals surface area (Å²) in [6.07, 6.45) is 3.27. The first-order valence-electron chi connectivity index (χ1n) is 21.0. The number of fused-ring (bicyclic) bond motifs is 2. The van der Waals surface area contributed by atoms with E-state index in [0.717, 1.165) is 28.9 Å². The Morgan fingerprint density at radius 2 is 1.75 bits per heavy atom. The number of carbonyl (C=O) groups is 5. The summed E-state index contributed by atoms with van der Waals surface area (Å²) in [6.45, 7) is 5.01. The van der Waals surface area contributed by atoms with Crippen LogP contribution >= 0.6 is 11.6 Å². The lowest BCUT2D eigenvalue weighted by molar-refractivity contribution is -0.137. The van der Waals surface area contributed by atoms with Crippen molar-refractivity contribution in [2.75, 3.05) is 30.7 Å². The van der Waals surface area contributed by atoms with Gasteiger partial charge in [-0.2, -0.15) is 5.10 Å². The van der Waals surface area contributed by atoms with E-state index in [1.54, 1.807) is 35.2 Å². The predicted octanol–water partition coefficient (Wildman–Crippen LogP) is 6.40. The van der Waals surface area contributed by atoms with Crippen molar-refractivity contribution in [3.63, 3.8) is 0 Å². The zero-order chi connectivity index (χ0) is 45.2. The number of para-hydroxylation sites is 2. The van der Waals surface area contributed by atoms with Crippen LogP contribution in [0.3, 0.4) is 0 Å². The quantitative estimate of drug-likeness (QED) is 0.0779. The third-order valence-electron chi connectivity index (χ3n) is 11.6. The van der Waals surface area contributed by atoms with Crippen LogP contribution in [0.1, 0.15) is 53.2 Å². The van der Waals surface area contributed by atoms with Crippen LogP contribution in [0.15, 0.2) is 109 Å². The number of amides is 6. The molecule has 9 rings (SSSR count). The van der Waals surface area contributed by atoms with E-state index in [1.807, 2.05) is 65.3 Å². The second-order valence-electron chi connectivity index (χ2n) is 15.9. The van der Waals surface area contributed by atoms with E-state index < -0.39 is 18.0 Å². The number of imide groups is 1. The summed E-state index contributed by atoms with van der Waals surface area (Å²) in [4.78, 5) is 76.2. The first kappa shape index (κ1) is 42.5. The molecule has 5 heterocycles. The number of benzene rings is 4. The molecule has 0 radical (unpaired) electrons. The minimum absolute atomic E-state index is 0.123. The van der Waals surface area contributed by atoms with Crippen molar-refractivity contribution >= 4 is 63.8 Å². The average molecular weight is 895 g/mol. The van der Waals surface area contributed by atoms with E-state index in [9.17, 15) is 24.0 Å². The molecule has 330 valence electrons. The summed E-state index contributed by atoms with van der Waals surface area (Å²) in [7, 11) is 0. The average Bonchev–Trinajstić information content (AvgIpc) is 3.86. The molecule has 0 spiro atoms. The molecule has 3 aliphatic heterocycles. The molecule has 3 aliphatic rings. The zero-order valence-electron chi connectivity index (χ0n) is 35.0. The van der Waals surface area contributed by atoms with Crippen LogP contribution in [0, 0.1) is 0 Å². The molecule has 0 bridgehead atoms. The molecule has 2 unspecified atom stereocenters. The summed E-state index contributed by atoms with van der Waals surface area (Å²) in [5.41, 5.74) is 10.8. The fourth-order valence-electron chi connectivity index (χ4n) is 8.38. The number of nitrogens with two attached hydrogens (primary N) is 1. The van der Waals surface area contributed by atoms with Gasteiger partial charge in [-0.1, -0.05) is 54.6 Å². The highest BCUT2D eigenvalue weighted by Gasteiger charge is 2.39. The lowest BCUT2D eigenvalue weighted by Gasteiger charge is -2.33. The number of nitrogens with zero attached hydrogens (tertiary/aromatic N) is 6. The maximum atomic E-state index is 13.9. The summed E-state index contributed by atoms with van der Waals surface area (Å²) in [6, 6.07) is 25.6. The molecule has 6 amide bonds. The number of hydrogen-bond acceptors (Lipinski definition) is 11. The topological polar surface area (TPSA) is 216 Å². The molecule has 2 aromatic heterocycles. The van der Waals surface area contributed by atoms with E-state index in [0.29, 0.717) is 53.4 Å². The second kappa shape index (κ2) is 18.1. The van der Waals surface area contributed by atoms with Crippen LogP contribution in [-0.4, -0.2) is 84.9 Å². The molecular formula is C47H43ClN10O7. The van der Waals surface area contributed by atoms with Crippen LogP contribution in [0.25, 0.3) is 22.3 Å². The third-order valence-corrected chi connectivity index (χ3v) is 11.9. The van der Waals surface area contributed by atoms with Crippen molar-refractivity contribution < 1.29 is 33.4 Å². The number of rotatable bonds is 12. The SMILES string of the molecule is C=C(COc1c(Cl)cccc1NC(=O)NCc1ccc2c(c1)CN(C1CCC(=O)NC1=O)C2=O)C(=O)N1CCCC(n2nc(-c3ccc(Oc4ccccc4)cc3)c3c(N)ncnc32)C1. The predicted molar refractivity (Wildman–Crippen MR) is 241 cm³/mol. The highest BCUT2D eigenvalue weighted by Crippen LogP contribution is 2.36.